The van der Waals surface area contributed by atoms with E-state index in [1.54, 1.807) is 6.33 Å². The van der Waals surface area contributed by atoms with Crippen LogP contribution in [-0.2, 0) is 0 Å². The van der Waals surface area contributed by atoms with Crippen molar-refractivity contribution in [2.45, 2.75) is 77.1 Å². The highest BCUT2D eigenvalue weighted by molar-refractivity contribution is 5.89. The van der Waals surface area contributed by atoms with Crippen molar-refractivity contribution in [1.82, 2.24) is 15.3 Å². The van der Waals surface area contributed by atoms with E-state index in [4.69, 9.17) is 0 Å². The van der Waals surface area contributed by atoms with Gasteiger partial charge in [0.2, 0.25) is 0 Å². The normalized spacial score (nSPS) is 22.8. The second kappa shape index (κ2) is 7.26. The smallest absolute Gasteiger partial charge is 0.137 e. The van der Waals surface area contributed by atoms with E-state index in [0.717, 1.165) is 42.4 Å². The molecule has 1 unspecified atom stereocenters. The molecule has 0 saturated heterocycles. The summed E-state index contributed by atoms with van der Waals surface area (Å²) in [4.78, 5) is 8.83. The van der Waals surface area contributed by atoms with Gasteiger partial charge in [-0.05, 0) is 65.5 Å². The molecule has 0 aliphatic heterocycles. The predicted molar refractivity (Wildman–Crippen MR) is 103 cm³/mol. The van der Waals surface area contributed by atoms with Crippen molar-refractivity contribution in [2.75, 3.05) is 5.32 Å². The minimum Gasteiger partial charge on any atom is -0.389 e. The summed E-state index contributed by atoms with van der Waals surface area (Å²) in [5.74, 6) is 0.940. The minimum atomic E-state index is -0.688. The Morgan fingerprint density at radius 1 is 1.12 bits per heavy atom. The van der Waals surface area contributed by atoms with Gasteiger partial charge in [0.05, 0.1) is 11.1 Å². The third-order valence-corrected chi connectivity index (χ3v) is 5.40. The lowest BCUT2D eigenvalue weighted by Gasteiger charge is -2.35. The summed E-state index contributed by atoms with van der Waals surface area (Å²) in [6.45, 7) is 7.87. The van der Waals surface area contributed by atoms with Gasteiger partial charge in [-0.25, -0.2) is 9.97 Å². The highest BCUT2D eigenvalue weighted by Gasteiger charge is 2.27. The molecule has 1 aromatic carbocycles. The van der Waals surface area contributed by atoms with E-state index in [1.165, 1.54) is 5.56 Å². The Morgan fingerprint density at radius 3 is 2.48 bits per heavy atom. The average molecular weight is 342 g/mol. The monoisotopic (exact) mass is 342 g/mol. The lowest BCUT2D eigenvalue weighted by molar-refractivity contribution is 0.0376. The molecule has 1 fully saturated rings. The Bertz CT molecular complexity index is 717. The van der Waals surface area contributed by atoms with Gasteiger partial charge in [0.15, 0.2) is 0 Å². The van der Waals surface area contributed by atoms with Crippen LogP contribution in [-0.4, -0.2) is 38.8 Å². The third kappa shape index (κ3) is 4.47. The molecule has 1 atom stereocenters. The van der Waals surface area contributed by atoms with Gasteiger partial charge >= 0.3 is 0 Å². The molecule has 0 radical (unpaired) electrons. The van der Waals surface area contributed by atoms with Crippen LogP contribution in [0.5, 0.6) is 0 Å². The summed E-state index contributed by atoms with van der Waals surface area (Å²) < 4.78 is 0. The van der Waals surface area contributed by atoms with Gasteiger partial charge in [0.25, 0.3) is 0 Å². The number of rotatable bonds is 5. The largest absolute Gasteiger partial charge is 0.389 e. The molecule has 3 N–H and O–H groups in total. The van der Waals surface area contributed by atoms with Crippen molar-refractivity contribution >= 4 is 16.7 Å². The van der Waals surface area contributed by atoms with Crippen LogP contribution in [0.1, 0.15) is 52.0 Å². The van der Waals surface area contributed by atoms with Crippen LogP contribution < -0.4 is 10.6 Å². The number of aromatic nitrogens is 2. The minimum absolute atomic E-state index is 0.0933. The maximum atomic E-state index is 10.1. The first-order valence-electron chi connectivity index (χ1n) is 9.29. The van der Waals surface area contributed by atoms with Gasteiger partial charge in [0, 0.05) is 23.5 Å². The SMILES string of the molecule is Cc1ccc2ncnc(NC3CCC(NC(C)C(C)(C)O)CC3)c2c1. The molecule has 1 aromatic heterocycles. The Morgan fingerprint density at radius 2 is 1.80 bits per heavy atom. The average Bonchev–Trinajstić information content (AvgIpc) is 2.56. The molecule has 2 aromatic rings. The molecule has 5 heteroatoms. The van der Waals surface area contributed by atoms with E-state index in [0.29, 0.717) is 12.1 Å². The summed E-state index contributed by atoms with van der Waals surface area (Å²) in [6.07, 6.45) is 6.07. The Labute approximate surface area is 150 Å². The molecule has 1 saturated carbocycles. The molecular weight excluding hydrogens is 312 g/mol. The van der Waals surface area contributed by atoms with Crippen molar-refractivity contribution in [3.63, 3.8) is 0 Å². The Hall–Kier alpha value is -1.72. The van der Waals surface area contributed by atoms with Gasteiger partial charge in [-0.1, -0.05) is 11.6 Å². The topological polar surface area (TPSA) is 70.1 Å². The van der Waals surface area contributed by atoms with E-state index < -0.39 is 5.60 Å². The highest BCUT2D eigenvalue weighted by atomic mass is 16.3. The lowest BCUT2D eigenvalue weighted by atomic mass is 9.89. The second-order valence-electron chi connectivity index (χ2n) is 7.98. The quantitative estimate of drug-likeness (QED) is 0.777. The van der Waals surface area contributed by atoms with E-state index in [1.807, 2.05) is 13.8 Å². The zero-order valence-corrected chi connectivity index (χ0v) is 15.7. The first-order valence-corrected chi connectivity index (χ1v) is 9.29. The second-order valence-corrected chi connectivity index (χ2v) is 7.98. The number of anilines is 1. The highest BCUT2D eigenvalue weighted by Crippen LogP contribution is 2.26. The van der Waals surface area contributed by atoms with Crippen LogP contribution in [0.25, 0.3) is 10.9 Å². The number of aryl methyl sites for hydroxylation is 1. The van der Waals surface area contributed by atoms with Crippen LogP contribution in [0, 0.1) is 6.92 Å². The maximum absolute atomic E-state index is 10.1. The molecule has 1 aliphatic carbocycles. The van der Waals surface area contributed by atoms with Gasteiger partial charge < -0.3 is 15.7 Å². The fraction of sp³-hybridized carbons (Fsp3) is 0.600. The van der Waals surface area contributed by atoms with E-state index in [2.05, 4.69) is 52.6 Å². The van der Waals surface area contributed by atoms with Gasteiger partial charge in [-0.2, -0.15) is 0 Å². The number of nitrogens with one attached hydrogen (secondary N) is 2. The van der Waals surface area contributed by atoms with E-state index in [9.17, 15) is 5.11 Å². The number of nitrogens with zero attached hydrogens (tertiary/aromatic N) is 2. The van der Waals surface area contributed by atoms with Crippen molar-refractivity contribution in [2.24, 2.45) is 0 Å². The summed E-state index contributed by atoms with van der Waals surface area (Å²) in [5, 5.41) is 18.4. The number of fused-ring (bicyclic) bond motifs is 1. The molecule has 5 nitrogen and oxygen atoms in total. The Kier molecular flexibility index (Phi) is 5.25. The zero-order chi connectivity index (χ0) is 18.0. The zero-order valence-electron chi connectivity index (χ0n) is 15.7. The van der Waals surface area contributed by atoms with Crippen molar-refractivity contribution in [1.29, 1.82) is 0 Å². The van der Waals surface area contributed by atoms with E-state index in [-0.39, 0.29) is 6.04 Å². The molecule has 1 heterocycles. The van der Waals surface area contributed by atoms with Crippen molar-refractivity contribution < 1.29 is 5.11 Å². The number of hydrogen-bond donors (Lipinski definition) is 3. The first-order chi connectivity index (χ1) is 11.8. The molecule has 3 rings (SSSR count). The number of aliphatic hydroxyl groups is 1. The molecule has 1 aliphatic rings. The fourth-order valence-electron chi connectivity index (χ4n) is 3.44. The molecule has 0 spiro atoms. The summed E-state index contributed by atoms with van der Waals surface area (Å²) in [5.41, 5.74) is 1.52. The Balaban J connectivity index is 1.61. The van der Waals surface area contributed by atoms with Gasteiger partial charge in [-0.15, -0.1) is 0 Å². The van der Waals surface area contributed by atoms with Crippen LogP contribution in [0.4, 0.5) is 5.82 Å². The fourth-order valence-corrected chi connectivity index (χ4v) is 3.44. The number of hydrogen-bond acceptors (Lipinski definition) is 5. The maximum Gasteiger partial charge on any atom is 0.137 e. The number of benzene rings is 1. The van der Waals surface area contributed by atoms with E-state index >= 15 is 0 Å². The summed E-state index contributed by atoms with van der Waals surface area (Å²) >= 11 is 0. The van der Waals surface area contributed by atoms with Crippen molar-refractivity contribution in [3.8, 4) is 0 Å². The van der Waals surface area contributed by atoms with Crippen LogP contribution >= 0.6 is 0 Å². The molecule has 0 bridgehead atoms. The molecular formula is C20H30N4O. The first kappa shape index (κ1) is 18.1. The summed E-state index contributed by atoms with van der Waals surface area (Å²) in [6, 6.07) is 7.29. The molecule has 0 amide bonds. The van der Waals surface area contributed by atoms with Gasteiger partial charge in [-0.3, -0.25) is 0 Å². The van der Waals surface area contributed by atoms with Crippen LogP contribution in [0.3, 0.4) is 0 Å². The standard InChI is InChI=1S/C20H30N4O/c1-13-5-10-18-17(11-13)19(22-12-21-18)24-16-8-6-15(7-9-16)23-14(2)20(3,4)25/h5,10-12,14-16,23,25H,6-9H2,1-4H3,(H,21,22,24). The third-order valence-electron chi connectivity index (χ3n) is 5.40. The molecule has 136 valence electrons. The summed E-state index contributed by atoms with van der Waals surface area (Å²) in [7, 11) is 0. The van der Waals surface area contributed by atoms with Crippen molar-refractivity contribution in [3.05, 3.63) is 30.1 Å². The lowest BCUT2D eigenvalue weighted by Crippen LogP contribution is -2.50. The van der Waals surface area contributed by atoms with Crippen LogP contribution in [0.2, 0.25) is 0 Å². The predicted octanol–water partition coefficient (Wildman–Crippen LogP) is 3.41. The molecule has 25 heavy (non-hydrogen) atoms. The van der Waals surface area contributed by atoms with Crippen LogP contribution in [0.15, 0.2) is 24.5 Å². The van der Waals surface area contributed by atoms with Gasteiger partial charge in [0.1, 0.15) is 12.1 Å².